The third-order valence-electron chi connectivity index (χ3n) is 4.33. The van der Waals surface area contributed by atoms with Crippen LogP contribution >= 0.6 is 0 Å². The van der Waals surface area contributed by atoms with Gasteiger partial charge in [0.15, 0.2) is 5.96 Å². The molecule has 2 N–H and O–H groups in total. The summed E-state index contributed by atoms with van der Waals surface area (Å²) in [7, 11) is 1.84. The van der Waals surface area contributed by atoms with Crippen molar-refractivity contribution in [2.75, 3.05) is 20.1 Å². The lowest BCUT2D eigenvalue weighted by atomic mass is 10.1. The molecule has 0 atom stereocenters. The molecular formula is C22H30N4O. The van der Waals surface area contributed by atoms with Crippen LogP contribution in [0.3, 0.4) is 0 Å². The van der Waals surface area contributed by atoms with E-state index in [0.29, 0.717) is 26.1 Å². The van der Waals surface area contributed by atoms with E-state index in [-0.39, 0.29) is 5.91 Å². The second-order valence-electron chi connectivity index (χ2n) is 6.53. The van der Waals surface area contributed by atoms with Gasteiger partial charge in [-0.25, -0.2) is 4.99 Å². The van der Waals surface area contributed by atoms with Gasteiger partial charge < -0.3 is 15.5 Å². The Labute approximate surface area is 162 Å². The van der Waals surface area contributed by atoms with Crippen LogP contribution in [0.25, 0.3) is 0 Å². The molecule has 144 valence electrons. The Morgan fingerprint density at radius 1 is 1.04 bits per heavy atom. The maximum atomic E-state index is 12.3. The van der Waals surface area contributed by atoms with E-state index in [2.05, 4.69) is 34.7 Å². The highest BCUT2D eigenvalue weighted by Crippen LogP contribution is 2.08. The molecule has 0 aliphatic rings. The number of aryl methyl sites for hydroxylation is 1. The van der Waals surface area contributed by atoms with Crippen molar-refractivity contribution in [3.05, 3.63) is 71.3 Å². The molecule has 0 heterocycles. The molecule has 0 saturated carbocycles. The molecule has 1 amide bonds. The van der Waals surface area contributed by atoms with E-state index in [4.69, 9.17) is 0 Å². The van der Waals surface area contributed by atoms with Crippen molar-refractivity contribution in [2.24, 2.45) is 4.99 Å². The quantitative estimate of drug-likeness (QED) is 0.558. The Morgan fingerprint density at radius 3 is 2.44 bits per heavy atom. The van der Waals surface area contributed by atoms with E-state index < -0.39 is 0 Å². The molecule has 2 aromatic rings. The molecule has 2 rings (SSSR count). The van der Waals surface area contributed by atoms with Crippen LogP contribution in [0, 0.1) is 6.92 Å². The van der Waals surface area contributed by atoms with Crippen LogP contribution in [0.5, 0.6) is 0 Å². The van der Waals surface area contributed by atoms with Crippen LogP contribution in [0.4, 0.5) is 0 Å². The number of hydrogen-bond acceptors (Lipinski definition) is 2. The largest absolute Gasteiger partial charge is 0.357 e. The first-order chi connectivity index (χ1) is 13.1. The zero-order chi connectivity index (χ0) is 19.5. The predicted octanol–water partition coefficient (Wildman–Crippen LogP) is 3.10. The van der Waals surface area contributed by atoms with E-state index in [9.17, 15) is 4.79 Å². The summed E-state index contributed by atoms with van der Waals surface area (Å²) in [6.07, 6.45) is 0.429. The highest BCUT2D eigenvalue weighted by atomic mass is 16.2. The Hall–Kier alpha value is -2.82. The predicted molar refractivity (Wildman–Crippen MR) is 112 cm³/mol. The van der Waals surface area contributed by atoms with Crippen LogP contribution in [-0.4, -0.2) is 36.9 Å². The number of nitrogens with one attached hydrogen (secondary N) is 2. The lowest BCUT2D eigenvalue weighted by Crippen LogP contribution is -2.39. The standard InChI is InChI=1S/C22H30N4O/c1-4-23-22(25-16-20-13-9-8-10-18(20)2)24-15-14-21(27)26(3)17-19-11-6-5-7-12-19/h5-13H,4,14-17H2,1-3H3,(H2,23,24,25). The molecule has 2 aromatic carbocycles. The van der Waals surface area contributed by atoms with Crippen molar-refractivity contribution in [3.63, 3.8) is 0 Å². The maximum Gasteiger partial charge on any atom is 0.224 e. The minimum Gasteiger partial charge on any atom is -0.357 e. The van der Waals surface area contributed by atoms with Gasteiger partial charge in [-0.15, -0.1) is 0 Å². The summed E-state index contributed by atoms with van der Waals surface area (Å²) in [5, 5.41) is 6.48. The highest BCUT2D eigenvalue weighted by molar-refractivity contribution is 5.81. The smallest absolute Gasteiger partial charge is 0.224 e. The summed E-state index contributed by atoms with van der Waals surface area (Å²) >= 11 is 0. The monoisotopic (exact) mass is 366 g/mol. The third kappa shape index (κ3) is 7.13. The molecule has 0 aromatic heterocycles. The number of hydrogen-bond donors (Lipinski definition) is 2. The number of benzene rings is 2. The normalized spacial score (nSPS) is 11.1. The highest BCUT2D eigenvalue weighted by Gasteiger charge is 2.09. The molecule has 5 nitrogen and oxygen atoms in total. The summed E-state index contributed by atoms with van der Waals surface area (Å²) in [5.74, 6) is 0.848. The molecule has 0 radical (unpaired) electrons. The average Bonchev–Trinajstić information content (AvgIpc) is 2.67. The number of carbonyl (C=O) groups is 1. The van der Waals surface area contributed by atoms with E-state index >= 15 is 0 Å². The van der Waals surface area contributed by atoms with Gasteiger partial charge in [0.2, 0.25) is 5.91 Å². The second-order valence-corrected chi connectivity index (χ2v) is 6.53. The minimum atomic E-state index is 0.112. The van der Waals surface area contributed by atoms with E-state index in [0.717, 1.165) is 18.1 Å². The van der Waals surface area contributed by atoms with Crippen LogP contribution < -0.4 is 10.6 Å². The molecule has 0 aliphatic heterocycles. The van der Waals surface area contributed by atoms with Gasteiger partial charge in [0.25, 0.3) is 0 Å². The number of rotatable bonds is 8. The van der Waals surface area contributed by atoms with Gasteiger partial charge in [-0.2, -0.15) is 0 Å². The first-order valence-electron chi connectivity index (χ1n) is 9.44. The van der Waals surface area contributed by atoms with Gasteiger partial charge in [0.1, 0.15) is 0 Å². The summed E-state index contributed by atoms with van der Waals surface area (Å²) < 4.78 is 0. The van der Waals surface area contributed by atoms with Crippen LogP contribution in [0.1, 0.15) is 30.0 Å². The Balaban J connectivity index is 1.81. The second kappa shape index (κ2) is 11.0. The Kier molecular flexibility index (Phi) is 8.36. The van der Waals surface area contributed by atoms with Gasteiger partial charge >= 0.3 is 0 Å². The lowest BCUT2D eigenvalue weighted by molar-refractivity contribution is -0.130. The molecule has 0 bridgehead atoms. The van der Waals surface area contributed by atoms with E-state index in [1.165, 1.54) is 11.1 Å². The van der Waals surface area contributed by atoms with Crippen molar-refractivity contribution < 1.29 is 4.79 Å². The lowest BCUT2D eigenvalue weighted by Gasteiger charge is -2.18. The Bertz CT molecular complexity index is 743. The topological polar surface area (TPSA) is 56.7 Å². The van der Waals surface area contributed by atoms with Gasteiger partial charge in [0, 0.05) is 33.1 Å². The molecule has 0 saturated heterocycles. The first kappa shape index (κ1) is 20.5. The summed E-state index contributed by atoms with van der Waals surface area (Å²) in [6.45, 7) is 6.69. The maximum absolute atomic E-state index is 12.3. The zero-order valence-electron chi connectivity index (χ0n) is 16.5. The third-order valence-corrected chi connectivity index (χ3v) is 4.33. The fourth-order valence-electron chi connectivity index (χ4n) is 2.72. The fraction of sp³-hybridized carbons (Fsp3) is 0.364. The SMILES string of the molecule is CCNC(=NCc1ccccc1C)NCCC(=O)N(C)Cc1ccccc1. The summed E-state index contributed by atoms with van der Waals surface area (Å²) in [4.78, 5) is 18.7. The average molecular weight is 367 g/mol. The minimum absolute atomic E-state index is 0.112. The van der Waals surface area contributed by atoms with Gasteiger partial charge in [-0.05, 0) is 30.5 Å². The van der Waals surface area contributed by atoms with E-state index in [1.54, 1.807) is 4.90 Å². The molecule has 0 unspecified atom stereocenters. The molecular weight excluding hydrogens is 336 g/mol. The number of carbonyl (C=O) groups excluding carboxylic acids is 1. The number of amides is 1. The van der Waals surface area contributed by atoms with Gasteiger partial charge in [-0.3, -0.25) is 4.79 Å². The zero-order valence-corrected chi connectivity index (χ0v) is 16.5. The summed E-state index contributed by atoms with van der Waals surface area (Å²) in [6, 6.07) is 18.3. The summed E-state index contributed by atoms with van der Waals surface area (Å²) in [5.41, 5.74) is 3.57. The molecule has 0 aliphatic carbocycles. The number of aliphatic imine (C=N–C) groups is 1. The Morgan fingerprint density at radius 2 is 1.74 bits per heavy atom. The van der Waals surface area contributed by atoms with Gasteiger partial charge in [-0.1, -0.05) is 54.6 Å². The first-order valence-corrected chi connectivity index (χ1v) is 9.44. The molecule has 5 heteroatoms. The van der Waals surface area contributed by atoms with Crippen molar-refractivity contribution in [2.45, 2.75) is 33.4 Å². The van der Waals surface area contributed by atoms with Gasteiger partial charge in [0.05, 0.1) is 6.54 Å². The fourth-order valence-corrected chi connectivity index (χ4v) is 2.72. The van der Waals surface area contributed by atoms with Crippen molar-refractivity contribution >= 4 is 11.9 Å². The number of nitrogens with zero attached hydrogens (tertiary/aromatic N) is 2. The van der Waals surface area contributed by atoms with Crippen molar-refractivity contribution in [1.82, 2.24) is 15.5 Å². The molecule has 0 spiro atoms. The van der Waals surface area contributed by atoms with Crippen LogP contribution in [0.15, 0.2) is 59.6 Å². The van der Waals surface area contributed by atoms with Crippen LogP contribution in [0.2, 0.25) is 0 Å². The van der Waals surface area contributed by atoms with E-state index in [1.807, 2.05) is 56.4 Å². The number of guanidine groups is 1. The molecule has 0 fully saturated rings. The molecule has 27 heavy (non-hydrogen) atoms. The van der Waals surface area contributed by atoms with Crippen LogP contribution in [-0.2, 0) is 17.9 Å². The van der Waals surface area contributed by atoms with Crippen molar-refractivity contribution in [3.8, 4) is 0 Å². The van der Waals surface area contributed by atoms with Crippen molar-refractivity contribution in [1.29, 1.82) is 0 Å².